The number of carbonyl (C=O) groups excluding carboxylic acids is 2. The highest BCUT2D eigenvalue weighted by atomic mass is 16.5. The van der Waals surface area contributed by atoms with Gasteiger partial charge in [0, 0.05) is 11.1 Å². The second kappa shape index (κ2) is 10.8. The number of fused-ring (bicyclic) bond motifs is 2. The summed E-state index contributed by atoms with van der Waals surface area (Å²) in [6.07, 6.45) is 0.900. The van der Waals surface area contributed by atoms with Crippen LogP contribution in [0.5, 0.6) is 0 Å². The van der Waals surface area contributed by atoms with Crippen LogP contribution in [-0.4, -0.2) is 18.7 Å². The third kappa shape index (κ3) is 5.07. The normalized spacial score (nSPS) is 10.7. The highest BCUT2D eigenvalue weighted by Gasteiger charge is 2.22. The average molecular weight is 488 g/mol. The topological polar surface area (TPSA) is 64.6 Å². The van der Waals surface area contributed by atoms with Gasteiger partial charge in [0.15, 0.2) is 0 Å². The summed E-state index contributed by atoms with van der Waals surface area (Å²) in [5.74, 6) is -0.447. The number of nitrogens with one attached hydrogen (secondary N) is 1. The Hall–Kier alpha value is -4.90. The van der Waals surface area contributed by atoms with Gasteiger partial charge in [-0.2, -0.15) is 0 Å². The van der Waals surface area contributed by atoms with E-state index in [0.29, 0.717) is 16.8 Å². The number of carbonyl (C=O) groups is 2. The minimum absolute atomic E-state index is 0.0834. The number of rotatable bonds is 7. The van der Waals surface area contributed by atoms with Crippen molar-refractivity contribution in [3.05, 3.63) is 127 Å². The Balaban J connectivity index is 1.69. The highest BCUT2D eigenvalue weighted by molar-refractivity contribution is 6.16. The van der Waals surface area contributed by atoms with E-state index in [4.69, 9.17) is 9.47 Å². The van der Waals surface area contributed by atoms with Gasteiger partial charge in [-0.05, 0) is 39.2 Å². The van der Waals surface area contributed by atoms with Crippen LogP contribution in [0.25, 0.3) is 32.7 Å². The van der Waals surface area contributed by atoms with Crippen LogP contribution in [0.3, 0.4) is 0 Å². The van der Waals surface area contributed by atoms with Crippen molar-refractivity contribution < 1.29 is 19.1 Å². The molecular formula is C32H25NO4. The van der Waals surface area contributed by atoms with Crippen molar-refractivity contribution in [2.75, 3.05) is 11.9 Å². The molecule has 0 fully saturated rings. The predicted molar refractivity (Wildman–Crippen MR) is 148 cm³/mol. The van der Waals surface area contributed by atoms with Crippen molar-refractivity contribution in [2.24, 2.45) is 0 Å². The van der Waals surface area contributed by atoms with Gasteiger partial charge in [0.05, 0.1) is 11.3 Å². The van der Waals surface area contributed by atoms with Crippen LogP contribution in [-0.2, 0) is 16.1 Å². The maximum atomic E-state index is 13.5. The van der Waals surface area contributed by atoms with Crippen molar-refractivity contribution in [1.29, 1.82) is 0 Å². The number of esters is 1. The fourth-order valence-electron chi connectivity index (χ4n) is 4.44. The minimum Gasteiger partial charge on any atom is -0.457 e. The summed E-state index contributed by atoms with van der Waals surface area (Å²) in [5, 5.41) is 6.56. The van der Waals surface area contributed by atoms with Crippen LogP contribution < -0.4 is 5.32 Å². The van der Waals surface area contributed by atoms with E-state index in [9.17, 15) is 9.59 Å². The summed E-state index contributed by atoms with van der Waals surface area (Å²) in [6, 6.07) is 32.7. The number of hydrogen-bond donors (Lipinski definition) is 1. The lowest BCUT2D eigenvalue weighted by atomic mass is 9.89. The lowest BCUT2D eigenvalue weighted by molar-refractivity contribution is 0.0474. The molecule has 0 aliphatic rings. The molecule has 5 rings (SSSR count). The molecule has 37 heavy (non-hydrogen) atoms. The number of amides is 1. The summed E-state index contributed by atoms with van der Waals surface area (Å²) in [5.41, 5.74) is 3.24. The molecule has 0 aliphatic carbocycles. The smallest absolute Gasteiger partial charge is 0.411 e. The third-order valence-electron chi connectivity index (χ3n) is 6.11. The molecule has 0 aromatic heterocycles. The molecule has 0 unspecified atom stereocenters. The van der Waals surface area contributed by atoms with E-state index in [1.54, 1.807) is 6.07 Å². The first kappa shape index (κ1) is 23.8. The summed E-state index contributed by atoms with van der Waals surface area (Å²) in [4.78, 5) is 26.1. The van der Waals surface area contributed by atoms with Crippen molar-refractivity contribution in [3.63, 3.8) is 0 Å². The Bertz CT molecular complexity index is 1610. The molecule has 0 spiro atoms. The van der Waals surface area contributed by atoms with E-state index in [-0.39, 0.29) is 13.2 Å². The Morgan fingerprint density at radius 2 is 1.32 bits per heavy atom. The second-order valence-corrected chi connectivity index (χ2v) is 8.49. The minimum atomic E-state index is -0.607. The van der Waals surface area contributed by atoms with Gasteiger partial charge >= 0.3 is 12.1 Å². The van der Waals surface area contributed by atoms with E-state index < -0.39 is 12.1 Å². The van der Waals surface area contributed by atoms with E-state index >= 15 is 0 Å². The zero-order valence-corrected chi connectivity index (χ0v) is 20.1. The summed E-state index contributed by atoms with van der Waals surface area (Å²) < 4.78 is 10.9. The molecule has 0 aliphatic heterocycles. The standard InChI is InChI=1S/C32H25NO4/c1-2-20-36-32(35)33-28-19-17-24-13-7-9-15-26(24)30(28)29-25-14-8-6-12-23(25)16-18-27(29)31(34)37-21-22-10-4-3-5-11-22/h2-19H,1,20-21H2,(H,33,35). The van der Waals surface area contributed by atoms with Crippen molar-refractivity contribution in [2.45, 2.75) is 6.61 Å². The summed E-state index contributed by atoms with van der Waals surface area (Å²) >= 11 is 0. The van der Waals surface area contributed by atoms with E-state index in [2.05, 4.69) is 11.9 Å². The van der Waals surface area contributed by atoms with Crippen LogP contribution in [0.15, 0.2) is 116 Å². The van der Waals surface area contributed by atoms with Gasteiger partial charge in [0.25, 0.3) is 0 Å². The van der Waals surface area contributed by atoms with Crippen molar-refractivity contribution in [3.8, 4) is 11.1 Å². The van der Waals surface area contributed by atoms with Crippen LogP contribution >= 0.6 is 0 Å². The van der Waals surface area contributed by atoms with Crippen molar-refractivity contribution >= 4 is 39.3 Å². The molecule has 0 saturated heterocycles. The predicted octanol–water partition coefficient (Wildman–Crippen LogP) is 7.75. The molecule has 5 heteroatoms. The first-order chi connectivity index (χ1) is 18.2. The Morgan fingerprint density at radius 3 is 2.03 bits per heavy atom. The maximum absolute atomic E-state index is 13.5. The molecule has 0 saturated carbocycles. The monoisotopic (exact) mass is 487 g/mol. The average Bonchev–Trinajstić information content (AvgIpc) is 2.95. The molecule has 5 aromatic carbocycles. The van der Waals surface area contributed by atoms with Gasteiger partial charge in [-0.3, -0.25) is 5.32 Å². The van der Waals surface area contributed by atoms with Crippen LogP contribution in [0, 0.1) is 0 Å². The zero-order valence-electron chi connectivity index (χ0n) is 20.1. The number of hydrogen-bond acceptors (Lipinski definition) is 4. The molecule has 0 atom stereocenters. The first-order valence-electron chi connectivity index (χ1n) is 12.0. The van der Waals surface area contributed by atoms with Gasteiger partial charge in [0.2, 0.25) is 0 Å². The molecule has 0 heterocycles. The molecular weight excluding hydrogens is 462 g/mol. The number of anilines is 1. The maximum Gasteiger partial charge on any atom is 0.411 e. The van der Waals surface area contributed by atoms with Gasteiger partial charge in [-0.25, -0.2) is 9.59 Å². The van der Waals surface area contributed by atoms with Gasteiger partial charge in [-0.1, -0.05) is 104 Å². The van der Waals surface area contributed by atoms with Gasteiger partial charge in [0.1, 0.15) is 13.2 Å². The number of benzene rings is 5. The largest absolute Gasteiger partial charge is 0.457 e. The Morgan fingerprint density at radius 1 is 0.703 bits per heavy atom. The Labute approximate surface area is 215 Å². The lowest BCUT2D eigenvalue weighted by Crippen LogP contribution is -2.15. The van der Waals surface area contributed by atoms with E-state index in [1.165, 1.54) is 6.08 Å². The molecule has 0 bridgehead atoms. The van der Waals surface area contributed by atoms with Crippen LogP contribution in [0.2, 0.25) is 0 Å². The van der Waals surface area contributed by atoms with Crippen LogP contribution in [0.4, 0.5) is 10.5 Å². The Kier molecular flexibility index (Phi) is 6.95. The van der Waals surface area contributed by atoms with E-state index in [1.807, 2.05) is 97.1 Å². The SMILES string of the molecule is C=CCOC(=O)Nc1ccc2ccccc2c1-c1c(C(=O)OCc2ccccc2)ccc2ccccc12. The molecule has 5 nitrogen and oxygen atoms in total. The fraction of sp³-hybridized carbons (Fsp3) is 0.0625. The van der Waals surface area contributed by atoms with E-state index in [0.717, 1.165) is 32.7 Å². The first-order valence-corrected chi connectivity index (χ1v) is 12.0. The fourth-order valence-corrected chi connectivity index (χ4v) is 4.44. The molecule has 182 valence electrons. The lowest BCUT2D eigenvalue weighted by Gasteiger charge is -2.19. The highest BCUT2D eigenvalue weighted by Crippen LogP contribution is 2.41. The molecule has 5 aromatic rings. The van der Waals surface area contributed by atoms with Crippen molar-refractivity contribution in [1.82, 2.24) is 0 Å². The molecule has 0 radical (unpaired) electrons. The molecule has 1 amide bonds. The molecule has 1 N–H and O–H groups in total. The number of ether oxygens (including phenoxy) is 2. The third-order valence-corrected chi connectivity index (χ3v) is 6.11. The van der Waals surface area contributed by atoms with Gasteiger partial charge < -0.3 is 9.47 Å². The quantitative estimate of drug-likeness (QED) is 0.188. The second-order valence-electron chi connectivity index (χ2n) is 8.49. The van der Waals surface area contributed by atoms with Crippen LogP contribution in [0.1, 0.15) is 15.9 Å². The zero-order chi connectivity index (χ0) is 25.6. The summed E-state index contributed by atoms with van der Waals surface area (Å²) in [7, 11) is 0. The summed E-state index contributed by atoms with van der Waals surface area (Å²) in [6.45, 7) is 3.83. The van der Waals surface area contributed by atoms with Gasteiger partial charge in [-0.15, -0.1) is 0 Å².